The topological polar surface area (TPSA) is 67.2 Å². The molecular formula is C19H18FN3O2. The molecule has 1 unspecified atom stereocenters. The number of aliphatic hydroxyl groups is 1. The fraction of sp³-hybridized carbons (Fsp3) is 0.158. The summed E-state index contributed by atoms with van der Waals surface area (Å²) < 4.78 is 14.6. The van der Waals surface area contributed by atoms with E-state index in [-0.39, 0.29) is 24.0 Å². The number of rotatable bonds is 5. The number of hydrogen-bond acceptors (Lipinski definition) is 3. The number of halogens is 1. The van der Waals surface area contributed by atoms with Crippen LogP contribution in [0.4, 0.5) is 4.39 Å². The molecule has 0 aliphatic heterocycles. The van der Waals surface area contributed by atoms with Crippen LogP contribution >= 0.6 is 0 Å². The van der Waals surface area contributed by atoms with Gasteiger partial charge in [-0.25, -0.2) is 9.07 Å². The summed E-state index contributed by atoms with van der Waals surface area (Å²) in [7, 11) is 0. The van der Waals surface area contributed by atoms with Crippen LogP contribution in [-0.2, 0) is 0 Å². The van der Waals surface area contributed by atoms with Gasteiger partial charge in [-0.05, 0) is 42.8 Å². The average Bonchev–Trinajstić information content (AvgIpc) is 3.03. The minimum Gasteiger partial charge on any atom is -0.394 e. The van der Waals surface area contributed by atoms with E-state index in [1.54, 1.807) is 22.9 Å². The first-order chi connectivity index (χ1) is 12.1. The summed E-state index contributed by atoms with van der Waals surface area (Å²) in [6.45, 7) is 1.60. The van der Waals surface area contributed by atoms with Gasteiger partial charge in [0.1, 0.15) is 5.82 Å². The standard InChI is InChI=1S/C19H18FN3O2/c1-13-11-17(22-23(13)16-9-7-15(20)8-10-16)19(25)21-18(12-24)14-5-3-2-4-6-14/h2-11,18,24H,12H2,1H3,(H,21,25). The third-order valence-electron chi connectivity index (χ3n) is 3.88. The van der Waals surface area contributed by atoms with Crippen LogP contribution < -0.4 is 5.32 Å². The maximum atomic E-state index is 13.1. The maximum absolute atomic E-state index is 13.1. The molecule has 3 aromatic rings. The molecule has 0 saturated heterocycles. The van der Waals surface area contributed by atoms with Gasteiger partial charge in [-0.3, -0.25) is 4.79 Å². The second kappa shape index (κ2) is 7.27. The lowest BCUT2D eigenvalue weighted by atomic mass is 10.1. The maximum Gasteiger partial charge on any atom is 0.272 e. The van der Waals surface area contributed by atoms with Crippen molar-refractivity contribution in [3.63, 3.8) is 0 Å². The van der Waals surface area contributed by atoms with Gasteiger partial charge >= 0.3 is 0 Å². The number of carbonyl (C=O) groups is 1. The van der Waals surface area contributed by atoms with E-state index in [0.29, 0.717) is 5.69 Å². The van der Waals surface area contributed by atoms with E-state index in [2.05, 4.69) is 10.4 Å². The number of aryl methyl sites for hydroxylation is 1. The van der Waals surface area contributed by atoms with Gasteiger partial charge in [0.15, 0.2) is 5.69 Å². The molecule has 5 nitrogen and oxygen atoms in total. The zero-order chi connectivity index (χ0) is 17.8. The molecule has 2 N–H and O–H groups in total. The predicted molar refractivity (Wildman–Crippen MR) is 92.0 cm³/mol. The van der Waals surface area contributed by atoms with E-state index in [1.807, 2.05) is 37.3 Å². The summed E-state index contributed by atoms with van der Waals surface area (Å²) in [6.07, 6.45) is 0. The molecule has 0 aliphatic rings. The molecule has 1 atom stereocenters. The molecular weight excluding hydrogens is 321 g/mol. The number of nitrogens with one attached hydrogen (secondary N) is 1. The Morgan fingerprint density at radius 1 is 1.20 bits per heavy atom. The number of amides is 1. The first kappa shape index (κ1) is 16.9. The van der Waals surface area contributed by atoms with Crippen molar-refractivity contribution in [2.75, 3.05) is 6.61 Å². The molecule has 0 aliphatic carbocycles. The molecule has 25 heavy (non-hydrogen) atoms. The predicted octanol–water partition coefficient (Wildman–Crippen LogP) is 2.78. The number of nitrogens with zero attached hydrogens (tertiary/aromatic N) is 2. The van der Waals surface area contributed by atoms with Crippen LogP contribution in [0, 0.1) is 12.7 Å². The Morgan fingerprint density at radius 2 is 1.88 bits per heavy atom. The number of benzene rings is 2. The number of carbonyl (C=O) groups excluding carboxylic acids is 1. The van der Waals surface area contributed by atoms with Crippen molar-refractivity contribution in [1.29, 1.82) is 0 Å². The van der Waals surface area contributed by atoms with Gasteiger partial charge < -0.3 is 10.4 Å². The first-order valence-corrected chi connectivity index (χ1v) is 7.88. The highest BCUT2D eigenvalue weighted by Gasteiger charge is 2.18. The van der Waals surface area contributed by atoms with Crippen molar-refractivity contribution in [2.45, 2.75) is 13.0 Å². The van der Waals surface area contributed by atoms with Gasteiger partial charge in [0.05, 0.1) is 18.3 Å². The fourth-order valence-corrected chi connectivity index (χ4v) is 2.58. The van der Waals surface area contributed by atoms with Crippen LogP contribution in [0.15, 0.2) is 60.7 Å². The summed E-state index contributed by atoms with van der Waals surface area (Å²) in [4.78, 5) is 12.5. The minimum absolute atomic E-state index is 0.215. The summed E-state index contributed by atoms with van der Waals surface area (Å²) in [5, 5.41) is 16.6. The Labute approximate surface area is 144 Å². The highest BCUT2D eigenvalue weighted by molar-refractivity contribution is 5.92. The highest BCUT2D eigenvalue weighted by atomic mass is 19.1. The Morgan fingerprint density at radius 3 is 2.52 bits per heavy atom. The van der Waals surface area contributed by atoms with Crippen molar-refractivity contribution in [3.8, 4) is 5.69 Å². The van der Waals surface area contributed by atoms with E-state index in [1.165, 1.54) is 12.1 Å². The fourth-order valence-electron chi connectivity index (χ4n) is 2.58. The van der Waals surface area contributed by atoms with Crippen molar-refractivity contribution in [3.05, 3.63) is 83.4 Å². The lowest BCUT2D eigenvalue weighted by Gasteiger charge is -2.15. The van der Waals surface area contributed by atoms with Crippen LogP contribution in [0.5, 0.6) is 0 Å². The Balaban J connectivity index is 1.81. The number of hydrogen-bond donors (Lipinski definition) is 2. The Kier molecular flexibility index (Phi) is 4.90. The second-order valence-electron chi connectivity index (χ2n) is 5.68. The van der Waals surface area contributed by atoms with E-state index < -0.39 is 6.04 Å². The second-order valence-corrected chi connectivity index (χ2v) is 5.68. The molecule has 0 fully saturated rings. The lowest BCUT2D eigenvalue weighted by Crippen LogP contribution is -2.31. The normalized spacial score (nSPS) is 12.0. The molecule has 0 spiro atoms. The minimum atomic E-state index is -0.509. The largest absolute Gasteiger partial charge is 0.394 e. The first-order valence-electron chi connectivity index (χ1n) is 7.88. The SMILES string of the molecule is Cc1cc(C(=O)NC(CO)c2ccccc2)nn1-c1ccc(F)cc1. The molecule has 0 saturated carbocycles. The van der Waals surface area contributed by atoms with Crippen LogP contribution in [0.1, 0.15) is 27.8 Å². The van der Waals surface area contributed by atoms with E-state index in [9.17, 15) is 14.3 Å². The van der Waals surface area contributed by atoms with Gasteiger partial charge in [-0.15, -0.1) is 0 Å². The van der Waals surface area contributed by atoms with Crippen molar-refractivity contribution < 1.29 is 14.3 Å². The van der Waals surface area contributed by atoms with Crippen LogP contribution in [0.25, 0.3) is 5.69 Å². The average molecular weight is 339 g/mol. The Bertz CT molecular complexity index is 860. The third kappa shape index (κ3) is 3.75. The molecule has 0 bridgehead atoms. The van der Waals surface area contributed by atoms with Gasteiger partial charge in [-0.2, -0.15) is 5.10 Å². The van der Waals surface area contributed by atoms with Crippen LogP contribution in [0.2, 0.25) is 0 Å². The van der Waals surface area contributed by atoms with E-state index in [0.717, 1.165) is 11.3 Å². The molecule has 1 heterocycles. The zero-order valence-corrected chi connectivity index (χ0v) is 13.7. The number of aliphatic hydroxyl groups excluding tert-OH is 1. The molecule has 1 amide bonds. The van der Waals surface area contributed by atoms with Crippen molar-refractivity contribution >= 4 is 5.91 Å². The molecule has 2 aromatic carbocycles. The Hall–Kier alpha value is -2.99. The van der Waals surface area contributed by atoms with E-state index >= 15 is 0 Å². The summed E-state index contributed by atoms with van der Waals surface area (Å²) >= 11 is 0. The van der Waals surface area contributed by atoms with Crippen molar-refractivity contribution in [2.24, 2.45) is 0 Å². The monoisotopic (exact) mass is 339 g/mol. The third-order valence-corrected chi connectivity index (χ3v) is 3.88. The number of aromatic nitrogens is 2. The molecule has 0 radical (unpaired) electrons. The highest BCUT2D eigenvalue weighted by Crippen LogP contribution is 2.15. The molecule has 6 heteroatoms. The summed E-state index contributed by atoms with van der Waals surface area (Å²) in [5.41, 5.74) is 2.46. The van der Waals surface area contributed by atoms with Gasteiger partial charge in [0, 0.05) is 5.69 Å². The zero-order valence-electron chi connectivity index (χ0n) is 13.7. The van der Waals surface area contributed by atoms with Crippen molar-refractivity contribution in [1.82, 2.24) is 15.1 Å². The van der Waals surface area contributed by atoms with E-state index in [4.69, 9.17) is 0 Å². The van der Waals surface area contributed by atoms with Gasteiger partial charge in [0.25, 0.3) is 5.91 Å². The van der Waals surface area contributed by atoms with Crippen LogP contribution in [0.3, 0.4) is 0 Å². The van der Waals surface area contributed by atoms with Crippen LogP contribution in [-0.4, -0.2) is 27.4 Å². The molecule has 1 aromatic heterocycles. The molecule has 3 rings (SSSR count). The van der Waals surface area contributed by atoms with Gasteiger partial charge in [0.2, 0.25) is 0 Å². The summed E-state index contributed by atoms with van der Waals surface area (Å²) in [5.74, 6) is -0.716. The smallest absolute Gasteiger partial charge is 0.272 e. The lowest BCUT2D eigenvalue weighted by molar-refractivity contribution is 0.0910. The summed E-state index contributed by atoms with van der Waals surface area (Å²) in [6, 6.07) is 16.2. The molecule has 128 valence electrons. The quantitative estimate of drug-likeness (QED) is 0.751. The van der Waals surface area contributed by atoms with Gasteiger partial charge in [-0.1, -0.05) is 30.3 Å².